The normalized spacial score (nSPS) is 10.0. The molecule has 0 bridgehead atoms. The average Bonchev–Trinajstić information content (AvgIpc) is 2.18. The van der Waals surface area contributed by atoms with Gasteiger partial charge in [0.15, 0.2) is 0 Å². The Hall–Kier alpha value is -0.670. The Morgan fingerprint density at radius 2 is 2.33 bits per heavy atom. The standard InChI is InChI=1S/C11H13ClO2S/c1-2-6-15-8-11(13)14-10-5-3-4-9(12)7-10/h3-5,7H,2,6,8H2,1H3. The van der Waals surface area contributed by atoms with E-state index in [-0.39, 0.29) is 5.97 Å². The van der Waals surface area contributed by atoms with E-state index in [9.17, 15) is 4.79 Å². The molecule has 4 heteroatoms. The van der Waals surface area contributed by atoms with E-state index in [0.29, 0.717) is 16.5 Å². The minimum atomic E-state index is -0.226. The maximum absolute atomic E-state index is 11.3. The fourth-order valence-electron chi connectivity index (χ4n) is 0.991. The first-order valence-corrected chi connectivity index (χ1v) is 6.29. The maximum Gasteiger partial charge on any atom is 0.321 e. The molecule has 0 atom stereocenters. The zero-order valence-electron chi connectivity index (χ0n) is 8.53. The van der Waals surface area contributed by atoms with Crippen LogP contribution in [0, 0.1) is 0 Å². The number of carbonyl (C=O) groups is 1. The predicted molar refractivity (Wildman–Crippen MR) is 64.7 cm³/mol. The summed E-state index contributed by atoms with van der Waals surface area (Å²) in [6.07, 6.45) is 1.06. The van der Waals surface area contributed by atoms with Crippen molar-refractivity contribution in [1.82, 2.24) is 0 Å². The summed E-state index contributed by atoms with van der Waals surface area (Å²) in [7, 11) is 0. The van der Waals surface area contributed by atoms with E-state index in [0.717, 1.165) is 12.2 Å². The van der Waals surface area contributed by atoms with Gasteiger partial charge in [-0.1, -0.05) is 24.6 Å². The van der Waals surface area contributed by atoms with Crippen LogP contribution in [0.25, 0.3) is 0 Å². The highest BCUT2D eigenvalue weighted by Gasteiger charge is 2.04. The van der Waals surface area contributed by atoms with Crippen LogP contribution in [-0.4, -0.2) is 17.5 Å². The molecule has 0 fully saturated rings. The fraction of sp³-hybridized carbons (Fsp3) is 0.364. The van der Waals surface area contributed by atoms with Crippen LogP contribution in [0.3, 0.4) is 0 Å². The summed E-state index contributed by atoms with van der Waals surface area (Å²) in [4.78, 5) is 11.3. The molecule has 82 valence electrons. The van der Waals surface area contributed by atoms with Crippen molar-refractivity contribution in [3.05, 3.63) is 29.3 Å². The van der Waals surface area contributed by atoms with Crippen molar-refractivity contribution in [3.8, 4) is 5.75 Å². The molecule has 0 spiro atoms. The van der Waals surface area contributed by atoms with E-state index in [1.165, 1.54) is 0 Å². The summed E-state index contributed by atoms with van der Waals surface area (Å²) in [6, 6.07) is 6.84. The van der Waals surface area contributed by atoms with Gasteiger partial charge in [0.05, 0.1) is 5.75 Å². The number of hydrogen-bond donors (Lipinski definition) is 0. The van der Waals surface area contributed by atoms with Gasteiger partial charge in [0, 0.05) is 5.02 Å². The molecule has 0 unspecified atom stereocenters. The molecule has 15 heavy (non-hydrogen) atoms. The average molecular weight is 245 g/mol. The first kappa shape index (κ1) is 12.4. The minimum Gasteiger partial charge on any atom is -0.426 e. The van der Waals surface area contributed by atoms with Crippen LogP contribution in [-0.2, 0) is 4.79 Å². The monoisotopic (exact) mass is 244 g/mol. The largest absolute Gasteiger partial charge is 0.426 e. The summed E-state index contributed by atoms with van der Waals surface area (Å²) >= 11 is 7.34. The zero-order valence-corrected chi connectivity index (χ0v) is 10.1. The number of ether oxygens (including phenoxy) is 1. The lowest BCUT2D eigenvalue weighted by molar-refractivity contribution is -0.131. The molecule has 0 saturated heterocycles. The number of thioether (sulfide) groups is 1. The summed E-state index contributed by atoms with van der Waals surface area (Å²) in [5.41, 5.74) is 0. The van der Waals surface area contributed by atoms with Gasteiger partial charge in [-0.05, 0) is 30.4 Å². The quantitative estimate of drug-likeness (QED) is 0.451. The lowest BCUT2D eigenvalue weighted by Gasteiger charge is -2.03. The van der Waals surface area contributed by atoms with E-state index in [2.05, 4.69) is 6.92 Å². The Morgan fingerprint density at radius 3 is 3.00 bits per heavy atom. The second-order valence-corrected chi connectivity index (χ2v) is 4.53. The Morgan fingerprint density at radius 1 is 1.53 bits per heavy atom. The van der Waals surface area contributed by atoms with Gasteiger partial charge < -0.3 is 4.74 Å². The Labute approximate surface area is 99.0 Å². The van der Waals surface area contributed by atoms with Crippen LogP contribution in [0.2, 0.25) is 5.02 Å². The number of halogens is 1. The van der Waals surface area contributed by atoms with Crippen molar-refractivity contribution in [2.75, 3.05) is 11.5 Å². The van der Waals surface area contributed by atoms with Gasteiger partial charge in [-0.2, -0.15) is 11.8 Å². The van der Waals surface area contributed by atoms with Crippen molar-refractivity contribution >= 4 is 29.3 Å². The summed E-state index contributed by atoms with van der Waals surface area (Å²) < 4.78 is 5.10. The number of hydrogen-bond acceptors (Lipinski definition) is 3. The Balaban J connectivity index is 2.37. The van der Waals surface area contributed by atoms with Gasteiger partial charge in [0.2, 0.25) is 0 Å². The Bertz CT molecular complexity index is 328. The second-order valence-electron chi connectivity index (χ2n) is 2.98. The highest BCUT2D eigenvalue weighted by Crippen LogP contribution is 2.17. The third kappa shape index (κ3) is 5.09. The van der Waals surface area contributed by atoms with Crippen LogP contribution >= 0.6 is 23.4 Å². The van der Waals surface area contributed by atoms with Crippen LogP contribution in [0.1, 0.15) is 13.3 Å². The number of rotatable bonds is 5. The van der Waals surface area contributed by atoms with Gasteiger partial charge in [-0.3, -0.25) is 4.79 Å². The van der Waals surface area contributed by atoms with Crippen LogP contribution in [0.4, 0.5) is 0 Å². The topological polar surface area (TPSA) is 26.3 Å². The smallest absolute Gasteiger partial charge is 0.321 e. The third-order valence-electron chi connectivity index (χ3n) is 1.60. The highest BCUT2D eigenvalue weighted by molar-refractivity contribution is 7.99. The van der Waals surface area contributed by atoms with Crippen molar-refractivity contribution in [2.24, 2.45) is 0 Å². The van der Waals surface area contributed by atoms with Gasteiger partial charge >= 0.3 is 5.97 Å². The molecular formula is C11H13ClO2S. The predicted octanol–water partition coefficient (Wildman–Crippen LogP) is 3.39. The molecule has 0 N–H and O–H groups in total. The molecule has 0 radical (unpaired) electrons. The molecule has 1 aromatic rings. The first-order valence-electron chi connectivity index (χ1n) is 4.76. The SMILES string of the molecule is CCCSCC(=O)Oc1cccc(Cl)c1. The molecule has 0 heterocycles. The van der Waals surface area contributed by atoms with E-state index in [1.807, 2.05) is 0 Å². The van der Waals surface area contributed by atoms with Crippen LogP contribution < -0.4 is 4.74 Å². The van der Waals surface area contributed by atoms with Crippen LogP contribution in [0.5, 0.6) is 5.75 Å². The first-order chi connectivity index (χ1) is 7.22. The van der Waals surface area contributed by atoms with Crippen molar-refractivity contribution < 1.29 is 9.53 Å². The summed E-state index contributed by atoms with van der Waals surface area (Å²) in [6.45, 7) is 2.08. The lowest BCUT2D eigenvalue weighted by atomic mass is 10.3. The maximum atomic E-state index is 11.3. The van der Waals surface area contributed by atoms with Crippen molar-refractivity contribution in [3.63, 3.8) is 0 Å². The van der Waals surface area contributed by atoms with Gasteiger partial charge in [-0.15, -0.1) is 0 Å². The number of benzene rings is 1. The number of carbonyl (C=O) groups excluding carboxylic acids is 1. The lowest BCUT2D eigenvalue weighted by Crippen LogP contribution is -2.10. The van der Waals surface area contributed by atoms with Gasteiger partial charge in [-0.25, -0.2) is 0 Å². The van der Waals surface area contributed by atoms with Crippen molar-refractivity contribution in [1.29, 1.82) is 0 Å². The molecule has 1 aromatic carbocycles. The summed E-state index contributed by atoms with van der Waals surface area (Å²) in [5.74, 6) is 1.64. The number of esters is 1. The minimum absolute atomic E-state index is 0.226. The van der Waals surface area contributed by atoms with E-state index < -0.39 is 0 Å². The molecule has 0 aliphatic heterocycles. The van der Waals surface area contributed by atoms with Gasteiger partial charge in [0.1, 0.15) is 5.75 Å². The fourth-order valence-corrected chi connectivity index (χ4v) is 1.83. The molecule has 0 saturated carbocycles. The molecule has 2 nitrogen and oxygen atoms in total. The second kappa shape index (κ2) is 6.75. The Kier molecular flexibility index (Phi) is 5.58. The molecule has 0 amide bonds. The summed E-state index contributed by atoms with van der Waals surface area (Å²) in [5, 5.41) is 0.571. The van der Waals surface area contributed by atoms with E-state index >= 15 is 0 Å². The van der Waals surface area contributed by atoms with E-state index in [4.69, 9.17) is 16.3 Å². The highest BCUT2D eigenvalue weighted by atomic mass is 35.5. The molecule has 0 aliphatic carbocycles. The zero-order chi connectivity index (χ0) is 11.1. The molecule has 1 rings (SSSR count). The van der Waals surface area contributed by atoms with Crippen LogP contribution in [0.15, 0.2) is 24.3 Å². The van der Waals surface area contributed by atoms with E-state index in [1.54, 1.807) is 36.0 Å². The molecule has 0 aliphatic rings. The third-order valence-corrected chi connectivity index (χ3v) is 2.97. The molecular weight excluding hydrogens is 232 g/mol. The molecule has 0 aromatic heterocycles. The van der Waals surface area contributed by atoms with Gasteiger partial charge in [0.25, 0.3) is 0 Å². The van der Waals surface area contributed by atoms with Crippen molar-refractivity contribution in [2.45, 2.75) is 13.3 Å².